The maximum Gasteiger partial charge on any atom is 0.410 e. The van der Waals surface area contributed by atoms with Crippen LogP contribution in [-0.4, -0.2) is 63.7 Å². The highest BCUT2D eigenvalue weighted by atomic mass is 32.2. The number of anilines is 1. The van der Waals surface area contributed by atoms with Gasteiger partial charge in [-0.1, -0.05) is 109 Å². The molecule has 2 heterocycles. The molecule has 3 atom stereocenters. The van der Waals surface area contributed by atoms with E-state index in [-0.39, 0.29) is 41.3 Å². The summed E-state index contributed by atoms with van der Waals surface area (Å²) in [7, 11) is 0. The highest BCUT2D eigenvalue weighted by molar-refractivity contribution is 8.01. The Labute approximate surface area is 374 Å². The first-order chi connectivity index (χ1) is 30.4. The smallest absolute Gasteiger partial charge is 0.410 e. The van der Waals surface area contributed by atoms with Gasteiger partial charge in [0.2, 0.25) is 0 Å². The van der Waals surface area contributed by atoms with Crippen LogP contribution in [0.4, 0.5) is 14.9 Å². The highest BCUT2D eigenvalue weighted by Crippen LogP contribution is 2.52. The van der Waals surface area contributed by atoms with E-state index in [0.717, 1.165) is 33.4 Å². The minimum Gasteiger partial charge on any atom is -0.444 e. The summed E-state index contributed by atoms with van der Waals surface area (Å²) in [5, 5.41) is 6.54. The molecule has 6 aromatic rings. The Morgan fingerprint density at radius 1 is 0.778 bits per heavy atom. The zero-order valence-corrected chi connectivity index (χ0v) is 37.1. The van der Waals surface area contributed by atoms with E-state index in [4.69, 9.17) is 4.74 Å². The molecule has 5 aromatic carbocycles. The van der Waals surface area contributed by atoms with Crippen LogP contribution in [0.1, 0.15) is 77.9 Å². The van der Waals surface area contributed by atoms with E-state index in [0.29, 0.717) is 43.6 Å². The zero-order valence-electron chi connectivity index (χ0n) is 36.3. The van der Waals surface area contributed by atoms with Crippen LogP contribution in [0.5, 0.6) is 0 Å². The lowest BCUT2D eigenvalue weighted by atomic mass is 9.84. The molecule has 0 radical (unpaired) electrons. The van der Waals surface area contributed by atoms with Gasteiger partial charge >= 0.3 is 6.09 Å². The number of halogens is 1. The average Bonchev–Trinajstić information content (AvgIpc) is 3.70. The fraction of sp³-hybridized carbons (Fsp3) is 0.283. The summed E-state index contributed by atoms with van der Waals surface area (Å²) >= 11 is 1.86. The molecule has 0 aliphatic carbocycles. The Kier molecular flexibility index (Phi) is 14.4. The number of amides is 2. The van der Waals surface area contributed by atoms with Gasteiger partial charge in [0, 0.05) is 48.4 Å². The third-order valence-corrected chi connectivity index (χ3v) is 13.1. The third kappa shape index (κ3) is 11.4. The molecule has 1 saturated heterocycles. The third-order valence-electron chi connectivity index (χ3n) is 11.3. The van der Waals surface area contributed by atoms with Gasteiger partial charge in [-0.15, -0.1) is 11.8 Å². The molecule has 7 rings (SSSR count). The summed E-state index contributed by atoms with van der Waals surface area (Å²) < 4.78 is 19.1. The van der Waals surface area contributed by atoms with Gasteiger partial charge in [-0.05, 0) is 117 Å². The Balaban J connectivity index is 1.16. The zero-order chi connectivity index (χ0) is 44.4. The molecule has 10 heteroatoms. The van der Waals surface area contributed by atoms with Crippen molar-refractivity contribution in [3.63, 3.8) is 0 Å². The maximum atomic E-state index is 14.1. The Morgan fingerprint density at radius 2 is 1.37 bits per heavy atom. The first kappa shape index (κ1) is 44.8. The van der Waals surface area contributed by atoms with Crippen molar-refractivity contribution in [3.05, 3.63) is 203 Å². The van der Waals surface area contributed by atoms with Crippen LogP contribution < -0.4 is 10.6 Å². The minimum atomic E-state index is -0.739. The number of rotatable bonds is 16. The van der Waals surface area contributed by atoms with Crippen molar-refractivity contribution >= 4 is 35.2 Å². The molecule has 2 N–H and O–H groups in total. The largest absolute Gasteiger partial charge is 0.444 e. The lowest BCUT2D eigenvalue weighted by Crippen LogP contribution is -2.43. The molecule has 1 fully saturated rings. The van der Waals surface area contributed by atoms with Gasteiger partial charge in [-0.3, -0.25) is 14.6 Å². The number of benzene rings is 5. The number of nitrogens with zero attached hydrogens (tertiary/aromatic N) is 2. The van der Waals surface area contributed by atoms with Crippen molar-refractivity contribution in [2.45, 2.75) is 81.1 Å². The second-order valence-electron chi connectivity index (χ2n) is 17.1. The van der Waals surface area contributed by atoms with Crippen molar-refractivity contribution in [3.8, 4) is 0 Å². The van der Waals surface area contributed by atoms with E-state index in [9.17, 15) is 18.8 Å². The molecular formula is C53H55FN4O4S. The fourth-order valence-electron chi connectivity index (χ4n) is 8.16. The number of carbonyl (C=O) groups excluding carboxylic acids is 3. The van der Waals surface area contributed by atoms with Gasteiger partial charge < -0.3 is 20.3 Å². The summed E-state index contributed by atoms with van der Waals surface area (Å²) in [5.41, 5.74) is 6.46. The first-order valence-electron chi connectivity index (χ1n) is 21.6. The van der Waals surface area contributed by atoms with Gasteiger partial charge in [-0.2, -0.15) is 0 Å². The highest BCUT2D eigenvalue weighted by Gasteiger charge is 2.45. The van der Waals surface area contributed by atoms with Crippen LogP contribution in [0.2, 0.25) is 0 Å². The quantitative estimate of drug-likeness (QED) is 0.0935. The minimum absolute atomic E-state index is 0.0197. The van der Waals surface area contributed by atoms with Gasteiger partial charge in [0.15, 0.2) is 5.78 Å². The van der Waals surface area contributed by atoms with Crippen molar-refractivity contribution < 1.29 is 23.5 Å². The molecule has 1 aliphatic heterocycles. The van der Waals surface area contributed by atoms with Crippen molar-refractivity contribution in [2.24, 2.45) is 0 Å². The lowest BCUT2D eigenvalue weighted by Gasteiger charge is -2.37. The Bertz CT molecular complexity index is 2350. The Morgan fingerprint density at radius 3 is 1.94 bits per heavy atom. The number of nitrogens with one attached hydrogen (secondary N) is 2. The van der Waals surface area contributed by atoms with Crippen molar-refractivity contribution in [1.29, 1.82) is 0 Å². The molecule has 0 saturated carbocycles. The van der Waals surface area contributed by atoms with Gasteiger partial charge in [0.25, 0.3) is 5.91 Å². The van der Waals surface area contributed by atoms with Crippen LogP contribution in [0.15, 0.2) is 158 Å². The van der Waals surface area contributed by atoms with Crippen LogP contribution in [-0.2, 0) is 33.5 Å². The molecule has 0 spiro atoms. The molecule has 324 valence electrons. The summed E-state index contributed by atoms with van der Waals surface area (Å²) in [6, 6.07) is 46.3. The number of Topliss-reactive ketones (excluding diaryl/α,β-unsaturated/α-hetero) is 1. The molecular weight excluding hydrogens is 808 g/mol. The van der Waals surface area contributed by atoms with E-state index >= 15 is 0 Å². The van der Waals surface area contributed by atoms with E-state index in [2.05, 4.69) is 88.4 Å². The van der Waals surface area contributed by atoms with Gasteiger partial charge in [-0.25, -0.2) is 9.18 Å². The predicted octanol–water partition coefficient (Wildman–Crippen LogP) is 10.5. The molecule has 1 aromatic heterocycles. The van der Waals surface area contributed by atoms with Crippen LogP contribution in [0.25, 0.3) is 0 Å². The number of hydrogen-bond acceptors (Lipinski definition) is 7. The van der Waals surface area contributed by atoms with Crippen molar-refractivity contribution in [2.75, 3.05) is 18.4 Å². The number of ether oxygens (including phenoxy) is 1. The lowest BCUT2D eigenvalue weighted by molar-refractivity contribution is -0.119. The monoisotopic (exact) mass is 862 g/mol. The van der Waals surface area contributed by atoms with E-state index in [1.807, 2.05) is 73.8 Å². The summed E-state index contributed by atoms with van der Waals surface area (Å²) in [5.74, 6) is -0.793. The number of thioether (sulfide) groups is 1. The summed E-state index contributed by atoms with van der Waals surface area (Å²) in [6.45, 7) is 8.21. The van der Waals surface area contributed by atoms with Crippen LogP contribution >= 0.6 is 11.8 Å². The standard InChI is InChI=1S/C53H55FN4O4S/c1-37(49(59)32-39-28-30-55-31-29-39)57-50(60)48-33-45(27-24-40(48)23-20-38-21-25-44(54)26-22-38)56-35-46-34-47(36-58(46)51(61)62-52(2,3)4)63-53(41-14-8-5-9-15-41,42-16-10-6-11-17-42)43-18-12-7-13-19-43/h5-19,21-22,24-31,33,37,46-47,56H,20,23,32,34-36H2,1-4H3,(H,57,60)/t37-,46-,47-/m0/s1. The second kappa shape index (κ2) is 20.3. The molecule has 0 unspecified atom stereocenters. The number of aromatic nitrogens is 1. The molecule has 63 heavy (non-hydrogen) atoms. The number of hydrogen-bond donors (Lipinski definition) is 2. The molecule has 8 nitrogen and oxygen atoms in total. The fourth-order valence-corrected chi connectivity index (χ4v) is 10.0. The number of aryl methyl sites for hydroxylation is 2. The van der Waals surface area contributed by atoms with Gasteiger partial charge in [0.1, 0.15) is 11.4 Å². The second-order valence-corrected chi connectivity index (χ2v) is 18.6. The van der Waals surface area contributed by atoms with Crippen LogP contribution in [0, 0.1) is 5.82 Å². The number of likely N-dealkylation sites (tertiary alicyclic amines) is 1. The van der Waals surface area contributed by atoms with E-state index in [1.165, 1.54) is 12.1 Å². The maximum absolute atomic E-state index is 14.1. The Hall–Kier alpha value is -6.26. The normalized spacial score (nSPS) is 15.7. The topological polar surface area (TPSA) is 101 Å². The van der Waals surface area contributed by atoms with Gasteiger partial charge in [0.05, 0.1) is 16.8 Å². The van der Waals surface area contributed by atoms with Crippen LogP contribution in [0.3, 0.4) is 0 Å². The molecule has 0 bridgehead atoms. The predicted molar refractivity (Wildman–Crippen MR) is 251 cm³/mol. The summed E-state index contributed by atoms with van der Waals surface area (Å²) in [4.78, 5) is 47.2. The molecule has 2 amide bonds. The van der Waals surface area contributed by atoms with E-state index < -0.39 is 16.4 Å². The SMILES string of the molecule is C[C@H](NC(=O)c1cc(NC[C@@H]2C[C@H](SC(c3ccccc3)(c3ccccc3)c3ccccc3)CN2C(=O)OC(C)(C)C)ccc1CCc1ccc(F)cc1)C(=O)Cc1ccncc1. The van der Waals surface area contributed by atoms with E-state index in [1.54, 1.807) is 43.6 Å². The molecule has 1 aliphatic rings. The van der Waals surface area contributed by atoms with Crippen molar-refractivity contribution in [1.82, 2.24) is 15.2 Å². The summed E-state index contributed by atoms with van der Waals surface area (Å²) in [6.07, 6.45) is 4.88. The number of ketones is 1. The first-order valence-corrected chi connectivity index (χ1v) is 22.4. The number of pyridine rings is 1. The average molecular weight is 863 g/mol. The number of carbonyl (C=O) groups is 3.